The molecule has 3 aromatic carbocycles. The summed E-state index contributed by atoms with van der Waals surface area (Å²) in [5, 5.41) is 12.1. The summed E-state index contributed by atoms with van der Waals surface area (Å²) >= 11 is 7.55. The summed E-state index contributed by atoms with van der Waals surface area (Å²) in [4.78, 5) is 13.4. The minimum Gasteiger partial charge on any atom is -0.497 e. The third-order valence-electron chi connectivity index (χ3n) is 5.17. The summed E-state index contributed by atoms with van der Waals surface area (Å²) in [5.41, 5.74) is 2.32. The molecular formula is C25H23ClN4O3S. The van der Waals surface area contributed by atoms with Crippen molar-refractivity contribution in [2.45, 2.75) is 10.4 Å². The van der Waals surface area contributed by atoms with E-state index in [1.54, 1.807) is 32.4 Å². The van der Waals surface area contributed by atoms with Gasteiger partial charge < -0.3 is 19.4 Å². The molecule has 0 aliphatic rings. The van der Waals surface area contributed by atoms with Gasteiger partial charge in [-0.1, -0.05) is 53.7 Å². The van der Waals surface area contributed by atoms with Crippen LogP contribution >= 0.6 is 23.4 Å². The zero-order valence-electron chi connectivity index (χ0n) is 18.9. The zero-order chi connectivity index (χ0) is 24.1. The molecule has 4 aromatic rings. The van der Waals surface area contributed by atoms with E-state index in [9.17, 15) is 4.79 Å². The molecule has 34 heavy (non-hydrogen) atoms. The van der Waals surface area contributed by atoms with Crippen LogP contribution in [0, 0.1) is 0 Å². The monoisotopic (exact) mass is 494 g/mol. The summed E-state index contributed by atoms with van der Waals surface area (Å²) < 4.78 is 12.3. The Morgan fingerprint density at radius 3 is 2.38 bits per heavy atom. The number of hydrogen-bond acceptors (Lipinski definition) is 6. The maximum Gasteiger partial charge on any atom is 0.242 e. The molecule has 0 aliphatic carbocycles. The van der Waals surface area contributed by atoms with Crippen molar-refractivity contribution in [1.29, 1.82) is 0 Å². The van der Waals surface area contributed by atoms with Gasteiger partial charge in [-0.3, -0.25) is 4.79 Å². The SMILES string of the molecule is COc1ccc(-c2nnc(SC(C(=O)Nc3ccc(OC)c(Cl)c3)c3ccccc3)n2C)cc1. The maximum absolute atomic E-state index is 13.4. The Morgan fingerprint density at radius 2 is 1.74 bits per heavy atom. The molecule has 1 amide bonds. The Bertz CT molecular complexity index is 1280. The Kier molecular flexibility index (Phi) is 7.40. The van der Waals surface area contributed by atoms with E-state index in [1.807, 2.05) is 66.2 Å². The van der Waals surface area contributed by atoms with E-state index >= 15 is 0 Å². The first-order valence-corrected chi connectivity index (χ1v) is 11.7. The fourth-order valence-corrected chi connectivity index (χ4v) is 4.63. The van der Waals surface area contributed by atoms with Crippen LogP contribution in [0.1, 0.15) is 10.8 Å². The number of halogens is 1. The van der Waals surface area contributed by atoms with E-state index in [2.05, 4.69) is 15.5 Å². The third-order valence-corrected chi connectivity index (χ3v) is 6.75. The summed E-state index contributed by atoms with van der Waals surface area (Å²) in [7, 11) is 5.05. The lowest BCUT2D eigenvalue weighted by Crippen LogP contribution is -2.19. The third kappa shape index (κ3) is 5.18. The molecule has 1 N–H and O–H groups in total. The van der Waals surface area contributed by atoms with Crippen LogP contribution in [0.2, 0.25) is 5.02 Å². The predicted molar refractivity (Wildman–Crippen MR) is 135 cm³/mol. The van der Waals surface area contributed by atoms with E-state index in [0.717, 1.165) is 16.9 Å². The Hall–Kier alpha value is -3.49. The normalized spacial score (nSPS) is 11.6. The van der Waals surface area contributed by atoms with E-state index in [0.29, 0.717) is 27.4 Å². The first kappa shape index (κ1) is 23.7. The van der Waals surface area contributed by atoms with Crippen LogP contribution in [0.15, 0.2) is 78.0 Å². The van der Waals surface area contributed by atoms with Crippen LogP contribution in [0.5, 0.6) is 11.5 Å². The standard InChI is InChI=1S/C25H23ClN4O3S/c1-30-23(17-9-12-19(32-2)13-10-17)28-29-25(30)34-22(16-7-5-4-6-8-16)24(31)27-18-11-14-21(33-3)20(26)15-18/h4-15,22H,1-3H3,(H,27,31). The van der Waals surface area contributed by atoms with Gasteiger partial charge in [0.1, 0.15) is 16.7 Å². The second kappa shape index (κ2) is 10.6. The van der Waals surface area contributed by atoms with Crippen LogP contribution in [-0.2, 0) is 11.8 Å². The van der Waals surface area contributed by atoms with Gasteiger partial charge in [0, 0.05) is 18.3 Å². The van der Waals surface area contributed by atoms with Crippen molar-refractivity contribution in [2.24, 2.45) is 7.05 Å². The molecule has 1 unspecified atom stereocenters. The van der Waals surface area contributed by atoms with Crippen molar-refractivity contribution in [3.05, 3.63) is 83.4 Å². The number of ether oxygens (including phenoxy) is 2. The van der Waals surface area contributed by atoms with Crippen LogP contribution in [0.25, 0.3) is 11.4 Å². The van der Waals surface area contributed by atoms with Crippen LogP contribution in [-0.4, -0.2) is 34.9 Å². The largest absolute Gasteiger partial charge is 0.497 e. The van der Waals surface area contributed by atoms with Gasteiger partial charge in [-0.25, -0.2) is 0 Å². The average Bonchev–Trinajstić information content (AvgIpc) is 3.23. The lowest BCUT2D eigenvalue weighted by atomic mass is 10.1. The molecule has 0 aliphatic heterocycles. The number of thioether (sulfide) groups is 1. The summed E-state index contributed by atoms with van der Waals surface area (Å²) in [6, 6.07) is 22.3. The van der Waals surface area contributed by atoms with Gasteiger partial charge in [0.2, 0.25) is 5.91 Å². The quantitative estimate of drug-likeness (QED) is 0.320. The van der Waals surface area contributed by atoms with E-state index in [1.165, 1.54) is 11.8 Å². The number of nitrogens with one attached hydrogen (secondary N) is 1. The van der Waals surface area contributed by atoms with E-state index in [-0.39, 0.29) is 5.91 Å². The second-order valence-electron chi connectivity index (χ2n) is 7.34. The van der Waals surface area contributed by atoms with Crippen molar-refractivity contribution in [1.82, 2.24) is 14.8 Å². The Labute approximate surface area is 207 Å². The molecule has 1 heterocycles. The van der Waals surface area contributed by atoms with Gasteiger partial charge in [-0.15, -0.1) is 10.2 Å². The molecule has 174 valence electrons. The lowest BCUT2D eigenvalue weighted by Gasteiger charge is -2.17. The number of aromatic nitrogens is 3. The minimum atomic E-state index is -0.561. The van der Waals surface area contributed by atoms with Crippen molar-refractivity contribution >= 4 is 35.0 Å². The van der Waals surface area contributed by atoms with Gasteiger partial charge in [0.05, 0.1) is 19.2 Å². The van der Waals surface area contributed by atoms with Gasteiger partial charge in [0.15, 0.2) is 11.0 Å². The number of amides is 1. The Morgan fingerprint density at radius 1 is 1.00 bits per heavy atom. The predicted octanol–water partition coefficient (Wildman–Crippen LogP) is 5.62. The van der Waals surface area contributed by atoms with E-state index < -0.39 is 5.25 Å². The first-order valence-electron chi connectivity index (χ1n) is 10.4. The highest BCUT2D eigenvalue weighted by atomic mass is 35.5. The molecule has 4 rings (SSSR count). The van der Waals surface area contributed by atoms with Crippen LogP contribution < -0.4 is 14.8 Å². The average molecular weight is 495 g/mol. The molecule has 0 spiro atoms. The van der Waals surface area contributed by atoms with Crippen molar-refractivity contribution in [3.8, 4) is 22.9 Å². The number of benzene rings is 3. The van der Waals surface area contributed by atoms with Gasteiger partial charge in [0.25, 0.3) is 0 Å². The number of anilines is 1. The number of nitrogens with zero attached hydrogens (tertiary/aromatic N) is 3. The topological polar surface area (TPSA) is 78.3 Å². The number of hydrogen-bond donors (Lipinski definition) is 1. The van der Waals surface area contributed by atoms with Crippen LogP contribution in [0.4, 0.5) is 5.69 Å². The van der Waals surface area contributed by atoms with Crippen molar-refractivity contribution in [2.75, 3.05) is 19.5 Å². The number of carbonyl (C=O) groups excluding carboxylic acids is 1. The highest BCUT2D eigenvalue weighted by Gasteiger charge is 2.25. The molecule has 1 atom stereocenters. The number of methoxy groups -OCH3 is 2. The fourth-order valence-electron chi connectivity index (χ4n) is 3.37. The zero-order valence-corrected chi connectivity index (χ0v) is 20.4. The molecular weight excluding hydrogens is 472 g/mol. The van der Waals surface area contributed by atoms with Crippen LogP contribution in [0.3, 0.4) is 0 Å². The van der Waals surface area contributed by atoms with Gasteiger partial charge >= 0.3 is 0 Å². The molecule has 0 saturated heterocycles. The lowest BCUT2D eigenvalue weighted by molar-refractivity contribution is -0.115. The fraction of sp³-hybridized carbons (Fsp3) is 0.160. The van der Waals surface area contributed by atoms with Gasteiger partial charge in [-0.2, -0.15) is 0 Å². The highest BCUT2D eigenvalue weighted by Crippen LogP contribution is 2.37. The summed E-state index contributed by atoms with van der Waals surface area (Å²) in [5.74, 6) is 1.80. The molecule has 0 bridgehead atoms. The number of carbonyl (C=O) groups is 1. The number of rotatable bonds is 8. The Balaban J connectivity index is 1.60. The van der Waals surface area contributed by atoms with E-state index in [4.69, 9.17) is 21.1 Å². The molecule has 1 aromatic heterocycles. The summed E-state index contributed by atoms with van der Waals surface area (Å²) in [6.45, 7) is 0. The maximum atomic E-state index is 13.4. The van der Waals surface area contributed by atoms with Gasteiger partial charge in [-0.05, 0) is 48.0 Å². The molecule has 7 nitrogen and oxygen atoms in total. The first-order chi connectivity index (χ1) is 16.5. The van der Waals surface area contributed by atoms with Crippen molar-refractivity contribution in [3.63, 3.8) is 0 Å². The molecule has 9 heteroatoms. The molecule has 0 saturated carbocycles. The second-order valence-corrected chi connectivity index (χ2v) is 8.82. The minimum absolute atomic E-state index is 0.202. The highest BCUT2D eigenvalue weighted by molar-refractivity contribution is 8.00. The molecule has 0 radical (unpaired) electrons. The van der Waals surface area contributed by atoms with Crippen molar-refractivity contribution < 1.29 is 14.3 Å². The summed E-state index contributed by atoms with van der Waals surface area (Å²) in [6.07, 6.45) is 0. The molecule has 0 fully saturated rings. The smallest absolute Gasteiger partial charge is 0.242 e.